The SMILES string of the molecule is CC1CC(C)(N)CCC1CC1CC(C)C(N)C(C)C1. The Morgan fingerprint density at radius 3 is 2.16 bits per heavy atom. The van der Waals surface area contributed by atoms with E-state index in [1.54, 1.807) is 0 Å². The molecule has 0 radical (unpaired) electrons. The Hall–Kier alpha value is -0.0800. The second-order valence-corrected chi connectivity index (χ2v) is 8.24. The zero-order chi connectivity index (χ0) is 14.2. The van der Waals surface area contributed by atoms with Crippen LogP contribution in [-0.2, 0) is 0 Å². The molecule has 0 heterocycles. The first-order chi connectivity index (χ1) is 8.78. The van der Waals surface area contributed by atoms with Crippen molar-refractivity contribution in [1.29, 1.82) is 0 Å². The molecule has 5 atom stereocenters. The second-order valence-electron chi connectivity index (χ2n) is 8.24. The summed E-state index contributed by atoms with van der Waals surface area (Å²) in [6, 6.07) is 0.423. The minimum Gasteiger partial charge on any atom is -0.327 e. The number of hydrogen-bond acceptors (Lipinski definition) is 2. The molecule has 4 N–H and O–H groups in total. The second kappa shape index (κ2) is 5.73. The smallest absolute Gasteiger partial charge is 0.0128 e. The van der Waals surface area contributed by atoms with E-state index in [0.717, 1.165) is 17.8 Å². The first-order valence-corrected chi connectivity index (χ1v) is 8.33. The van der Waals surface area contributed by atoms with Crippen molar-refractivity contribution in [2.45, 2.75) is 77.8 Å². The molecule has 2 aliphatic rings. The summed E-state index contributed by atoms with van der Waals surface area (Å²) in [5, 5.41) is 0. The van der Waals surface area contributed by atoms with Crippen LogP contribution in [0.3, 0.4) is 0 Å². The number of nitrogens with two attached hydrogens (primary N) is 2. The fourth-order valence-corrected chi connectivity index (χ4v) is 4.80. The molecule has 0 aromatic heterocycles. The van der Waals surface area contributed by atoms with Gasteiger partial charge in [-0.15, -0.1) is 0 Å². The first kappa shape index (κ1) is 15.3. The predicted molar refractivity (Wildman–Crippen MR) is 82.7 cm³/mol. The van der Waals surface area contributed by atoms with Crippen molar-refractivity contribution in [2.24, 2.45) is 41.1 Å². The van der Waals surface area contributed by atoms with Gasteiger partial charge in [-0.1, -0.05) is 20.8 Å². The molecule has 0 spiro atoms. The Kier molecular flexibility index (Phi) is 4.62. The highest BCUT2D eigenvalue weighted by atomic mass is 14.7. The Labute approximate surface area is 119 Å². The summed E-state index contributed by atoms with van der Waals surface area (Å²) in [6.45, 7) is 9.32. The van der Waals surface area contributed by atoms with Crippen LogP contribution in [0.15, 0.2) is 0 Å². The molecule has 2 aliphatic carbocycles. The van der Waals surface area contributed by atoms with E-state index in [0.29, 0.717) is 17.9 Å². The van der Waals surface area contributed by atoms with Crippen molar-refractivity contribution in [1.82, 2.24) is 0 Å². The van der Waals surface area contributed by atoms with Crippen LogP contribution in [0.4, 0.5) is 0 Å². The van der Waals surface area contributed by atoms with Crippen molar-refractivity contribution >= 4 is 0 Å². The lowest BCUT2D eigenvalue weighted by Crippen LogP contribution is -2.45. The normalized spacial score (nSPS) is 52.1. The minimum atomic E-state index is 0.0887. The maximum absolute atomic E-state index is 6.31. The van der Waals surface area contributed by atoms with Crippen molar-refractivity contribution in [3.05, 3.63) is 0 Å². The van der Waals surface area contributed by atoms with Crippen LogP contribution in [0.5, 0.6) is 0 Å². The van der Waals surface area contributed by atoms with Crippen LogP contribution >= 0.6 is 0 Å². The van der Waals surface area contributed by atoms with Gasteiger partial charge in [0.15, 0.2) is 0 Å². The molecule has 0 aliphatic heterocycles. The average Bonchev–Trinajstić information content (AvgIpc) is 2.29. The number of rotatable bonds is 2. The molecule has 19 heavy (non-hydrogen) atoms. The fourth-order valence-electron chi connectivity index (χ4n) is 4.80. The van der Waals surface area contributed by atoms with Gasteiger partial charge in [0.2, 0.25) is 0 Å². The van der Waals surface area contributed by atoms with Gasteiger partial charge in [-0.2, -0.15) is 0 Å². The van der Waals surface area contributed by atoms with E-state index in [1.807, 2.05) is 0 Å². The highest BCUT2D eigenvalue weighted by Crippen LogP contribution is 2.42. The third-order valence-corrected chi connectivity index (χ3v) is 6.04. The monoisotopic (exact) mass is 266 g/mol. The summed E-state index contributed by atoms with van der Waals surface area (Å²) >= 11 is 0. The molecule has 2 fully saturated rings. The third kappa shape index (κ3) is 3.72. The molecule has 0 aromatic rings. The van der Waals surface area contributed by atoms with Gasteiger partial charge in [-0.3, -0.25) is 0 Å². The van der Waals surface area contributed by atoms with E-state index in [1.165, 1.54) is 38.5 Å². The van der Waals surface area contributed by atoms with Crippen molar-refractivity contribution in [3.63, 3.8) is 0 Å². The van der Waals surface area contributed by atoms with E-state index in [9.17, 15) is 0 Å². The van der Waals surface area contributed by atoms with Gasteiger partial charge in [-0.25, -0.2) is 0 Å². The summed E-state index contributed by atoms with van der Waals surface area (Å²) < 4.78 is 0. The Balaban J connectivity index is 1.88. The fraction of sp³-hybridized carbons (Fsp3) is 1.00. The summed E-state index contributed by atoms with van der Waals surface area (Å²) in [6.07, 6.45) is 7.84. The van der Waals surface area contributed by atoms with Crippen molar-refractivity contribution < 1.29 is 0 Å². The molecule has 0 amide bonds. The maximum atomic E-state index is 6.31. The molecule has 112 valence electrons. The quantitative estimate of drug-likeness (QED) is 0.803. The summed E-state index contributed by atoms with van der Waals surface area (Å²) in [4.78, 5) is 0. The van der Waals surface area contributed by atoms with Crippen LogP contribution in [0, 0.1) is 29.6 Å². The molecule has 5 unspecified atom stereocenters. The lowest BCUT2D eigenvalue weighted by Gasteiger charge is -2.43. The summed E-state index contributed by atoms with van der Waals surface area (Å²) in [5.74, 6) is 4.00. The lowest BCUT2D eigenvalue weighted by molar-refractivity contribution is 0.110. The highest BCUT2D eigenvalue weighted by Gasteiger charge is 2.36. The van der Waals surface area contributed by atoms with Gasteiger partial charge in [0, 0.05) is 11.6 Å². The van der Waals surface area contributed by atoms with Gasteiger partial charge in [0.05, 0.1) is 0 Å². The van der Waals surface area contributed by atoms with Gasteiger partial charge in [0.1, 0.15) is 0 Å². The van der Waals surface area contributed by atoms with Gasteiger partial charge in [-0.05, 0) is 75.0 Å². The molecule has 0 bridgehead atoms. The molecule has 0 saturated heterocycles. The zero-order valence-corrected chi connectivity index (χ0v) is 13.4. The molecule has 2 heteroatoms. The van der Waals surface area contributed by atoms with E-state index >= 15 is 0 Å². The van der Waals surface area contributed by atoms with E-state index < -0.39 is 0 Å². The Bertz CT molecular complexity index is 288. The van der Waals surface area contributed by atoms with Crippen LogP contribution in [0.2, 0.25) is 0 Å². The summed E-state index contributed by atoms with van der Waals surface area (Å²) in [5.41, 5.74) is 12.7. The van der Waals surface area contributed by atoms with Crippen LogP contribution < -0.4 is 11.5 Å². The van der Waals surface area contributed by atoms with Crippen LogP contribution in [-0.4, -0.2) is 11.6 Å². The molecular weight excluding hydrogens is 232 g/mol. The van der Waals surface area contributed by atoms with E-state index in [-0.39, 0.29) is 5.54 Å². The molecule has 0 aromatic carbocycles. The maximum Gasteiger partial charge on any atom is 0.0128 e. The lowest BCUT2D eigenvalue weighted by atomic mass is 9.65. The molecular formula is C17H34N2. The van der Waals surface area contributed by atoms with E-state index in [4.69, 9.17) is 11.5 Å². The van der Waals surface area contributed by atoms with E-state index in [2.05, 4.69) is 27.7 Å². The third-order valence-electron chi connectivity index (χ3n) is 6.04. The summed E-state index contributed by atoms with van der Waals surface area (Å²) in [7, 11) is 0. The van der Waals surface area contributed by atoms with Crippen LogP contribution in [0.1, 0.15) is 66.2 Å². The molecule has 2 nitrogen and oxygen atoms in total. The van der Waals surface area contributed by atoms with Gasteiger partial charge in [0.25, 0.3) is 0 Å². The predicted octanol–water partition coefficient (Wildman–Crippen LogP) is 3.54. The Morgan fingerprint density at radius 1 is 1.05 bits per heavy atom. The standard InChI is InChI=1S/C17H34N2/c1-11-7-14(8-12(2)16(11)18)9-15-5-6-17(4,19)10-13(15)3/h11-16H,5-10,18-19H2,1-4H3. The average molecular weight is 266 g/mol. The van der Waals surface area contributed by atoms with Crippen LogP contribution in [0.25, 0.3) is 0 Å². The minimum absolute atomic E-state index is 0.0887. The topological polar surface area (TPSA) is 52.0 Å². The zero-order valence-electron chi connectivity index (χ0n) is 13.4. The number of hydrogen-bond donors (Lipinski definition) is 2. The largest absolute Gasteiger partial charge is 0.327 e. The Morgan fingerprint density at radius 2 is 1.63 bits per heavy atom. The van der Waals surface area contributed by atoms with Crippen molar-refractivity contribution in [2.75, 3.05) is 0 Å². The van der Waals surface area contributed by atoms with Crippen molar-refractivity contribution in [3.8, 4) is 0 Å². The molecule has 2 rings (SSSR count). The first-order valence-electron chi connectivity index (χ1n) is 8.33. The van der Waals surface area contributed by atoms with Gasteiger partial charge >= 0.3 is 0 Å². The molecule has 2 saturated carbocycles. The van der Waals surface area contributed by atoms with Gasteiger partial charge < -0.3 is 11.5 Å². The highest BCUT2D eigenvalue weighted by molar-refractivity contribution is 4.92.